The maximum Gasteiger partial charge on any atom is 0.178 e. The lowest BCUT2D eigenvalue weighted by Gasteiger charge is -2.12. The standard InChI is InChI=1S/C30H23N5/c1-5-13-22(14-6-1)26-21-27(23-15-7-2-8-16-23)35(34-26)29-28(24-17-9-3-10-18-24)32-33-30(29)31-25-19-11-4-12-20-25/h1-21H,(H2,31,32,33). The number of hydrogen-bond acceptors (Lipinski definition) is 3. The molecule has 0 bridgehead atoms. The Bertz CT molecular complexity index is 1540. The van der Waals surface area contributed by atoms with Crippen molar-refractivity contribution in [2.24, 2.45) is 0 Å². The van der Waals surface area contributed by atoms with E-state index in [-0.39, 0.29) is 0 Å². The van der Waals surface area contributed by atoms with Gasteiger partial charge in [0.05, 0.1) is 17.1 Å². The van der Waals surface area contributed by atoms with Crippen molar-refractivity contribution in [3.8, 4) is 39.5 Å². The van der Waals surface area contributed by atoms with Gasteiger partial charge < -0.3 is 5.32 Å². The number of para-hydroxylation sites is 1. The van der Waals surface area contributed by atoms with E-state index >= 15 is 0 Å². The first-order chi connectivity index (χ1) is 17.4. The lowest BCUT2D eigenvalue weighted by atomic mass is 10.1. The van der Waals surface area contributed by atoms with Crippen molar-refractivity contribution in [1.29, 1.82) is 0 Å². The monoisotopic (exact) mass is 453 g/mol. The zero-order valence-corrected chi connectivity index (χ0v) is 19.0. The Balaban J connectivity index is 1.59. The average molecular weight is 454 g/mol. The Morgan fingerprint density at radius 2 is 1.14 bits per heavy atom. The van der Waals surface area contributed by atoms with E-state index in [1.165, 1.54) is 0 Å². The van der Waals surface area contributed by atoms with Crippen molar-refractivity contribution in [1.82, 2.24) is 20.0 Å². The van der Waals surface area contributed by atoms with Crippen LogP contribution in [-0.4, -0.2) is 20.0 Å². The van der Waals surface area contributed by atoms with Crippen LogP contribution in [0.1, 0.15) is 0 Å². The van der Waals surface area contributed by atoms with Crippen LogP contribution < -0.4 is 5.32 Å². The number of anilines is 2. The average Bonchev–Trinajstić information content (AvgIpc) is 3.55. The quantitative estimate of drug-likeness (QED) is 0.277. The van der Waals surface area contributed by atoms with Crippen LogP contribution in [0.4, 0.5) is 11.5 Å². The number of benzene rings is 4. The summed E-state index contributed by atoms with van der Waals surface area (Å²) in [6, 6.07) is 43.0. The topological polar surface area (TPSA) is 58.5 Å². The van der Waals surface area contributed by atoms with Gasteiger partial charge in [-0.25, -0.2) is 4.68 Å². The second kappa shape index (κ2) is 9.15. The van der Waals surface area contributed by atoms with Crippen molar-refractivity contribution in [3.05, 3.63) is 127 Å². The lowest BCUT2D eigenvalue weighted by Crippen LogP contribution is -2.04. The molecular formula is C30H23N5. The number of nitrogens with zero attached hydrogens (tertiary/aromatic N) is 3. The molecule has 0 spiro atoms. The van der Waals surface area contributed by atoms with Gasteiger partial charge in [-0.2, -0.15) is 10.2 Å². The van der Waals surface area contributed by atoms with Gasteiger partial charge in [0, 0.05) is 22.4 Å². The largest absolute Gasteiger partial charge is 0.337 e. The molecule has 0 saturated heterocycles. The predicted octanol–water partition coefficient (Wildman–Crippen LogP) is 7.34. The molecule has 2 aromatic heterocycles. The Morgan fingerprint density at radius 1 is 0.600 bits per heavy atom. The third kappa shape index (κ3) is 4.11. The second-order valence-electron chi connectivity index (χ2n) is 8.21. The van der Waals surface area contributed by atoms with Gasteiger partial charge in [0.25, 0.3) is 0 Å². The highest BCUT2D eigenvalue weighted by molar-refractivity contribution is 5.82. The first-order valence-electron chi connectivity index (χ1n) is 11.5. The molecule has 35 heavy (non-hydrogen) atoms. The van der Waals surface area contributed by atoms with Crippen LogP contribution in [0.2, 0.25) is 0 Å². The molecule has 0 aliphatic rings. The third-order valence-corrected chi connectivity index (χ3v) is 5.90. The maximum absolute atomic E-state index is 5.10. The number of aromatic nitrogens is 4. The molecule has 0 fully saturated rings. The van der Waals surface area contributed by atoms with Gasteiger partial charge in [-0.05, 0) is 18.2 Å². The van der Waals surface area contributed by atoms with E-state index in [0.717, 1.165) is 45.1 Å². The summed E-state index contributed by atoms with van der Waals surface area (Å²) >= 11 is 0. The smallest absolute Gasteiger partial charge is 0.178 e. The molecule has 2 N–H and O–H groups in total. The minimum Gasteiger partial charge on any atom is -0.337 e. The highest BCUT2D eigenvalue weighted by atomic mass is 15.3. The van der Waals surface area contributed by atoms with Gasteiger partial charge in [0.1, 0.15) is 5.69 Å². The molecule has 4 aromatic carbocycles. The van der Waals surface area contributed by atoms with Crippen LogP contribution in [0.25, 0.3) is 39.5 Å². The van der Waals surface area contributed by atoms with Crippen molar-refractivity contribution >= 4 is 11.5 Å². The third-order valence-electron chi connectivity index (χ3n) is 5.90. The first kappa shape index (κ1) is 20.7. The van der Waals surface area contributed by atoms with Crippen molar-refractivity contribution in [2.75, 3.05) is 5.32 Å². The molecule has 5 heteroatoms. The van der Waals surface area contributed by atoms with E-state index in [0.29, 0.717) is 5.82 Å². The molecule has 0 aliphatic carbocycles. The first-order valence-corrected chi connectivity index (χ1v) is 11.5. The van der Waals surface area contributed by atoms with Gasteiger partial charge in [-0.1, -0.05) is 109 Å². The van der Waals surface area contributed by atoms with Crippen LogP contribution in [0.3, 0.4) is 0 Å². The van der Waals surface area contributed by atoms with Crippen molar-refractivity contribution < 1.29 is 0 Å². The van der Waals surface area contributed by atoms with Gasteiger partial charge in [0.15, 0.2) is 5.82 Å². The van der Waals surface area contributed by atoms with E-state index in [2.05, 4.69) is 58.0 Å². The van der Waals surface area contributed by atoms with Crippen LogP contribution in [0.5, 0.6) is 0 Å². The number of rotatable bonds is 6. The lowest BCUT2D eigenvalue weighted by molar-refractivity contribution is 0.896. The minimum absolute atomic E-state index is 0.704. The van der Waals surface area contributed by atoms with E-state index in [1.54, 1.807) is 0 Å². The fourth-order valence-corrected chi connectivity index (χ4v) is 4.21. The molecule has 0 radical (unpaired) electrons. The molecule has 0 atom stereocenters. The summed E-state index contributed by atoms with van der Waals surface area (Å²) in [4.78, 5) is 0. The van der Waals surface area contributed by atoms with Gasteiger partial charge >= 0.3 is 0 Å². The highest BCUT2D eigenvalue weighted by Crippen LogP contribution is 2.36. The highest BCUT2D eigenvalue weighted by Gasteiger charge is 2.22. The van der Waals surface area contributed by atoms with Gasteiger partial charge in [-0.15, -0.1) is 0 Å². The SMILES string of the molecule is c1ccc(Nc2n[nH]c(-c3ccccc3)c2-n2nc(-c3ccccc3)cc2-c2ccccc2)cc1. The summed E-state index contributed by atoms with van der Waals surface area (Å²) in [5, 5.41) is 16.5. The van der Waals surface area contributed by atoms with Crippen molar-refractivity contribution in [3.63, 3.8) is 0 Å². The van der Waals surface area contributed by atoms with E-state index in [1.807, 2.05) is 89.6 Å². The van der Waals surface area contributed by atoms with Crippen molar-refractivity contribution in [2.45, 2.75) is 0 Å². The predicted molar refractivity (Wildman–Crippen MR) is 142 cm³/mol. The van der Waals surface area contributed by atoms with E-state index in [4.69, 9.17) is 5.10 Å². The minimum atomic E-state index is 0.704. The fraction of sp³-hybridized carbons (Fsp3) is 0. The number of aromatic amines is 1. The molecule has 0 saturated carbocycles. The molecule has 0 amide bonds. The second-order valence-corrected chi connectivity index (χ2v) is 8.21. The summed E-state index contributed by atoms with van der Waals surface area (Å²) in [5.41, 5.74) is 7.77. The summed E-state index contributed by atoms with van der Waals surface area (Å²) < 4.78 is 1.99. The summed E-state index contributed by atoms with van der Waals surface area (Å²) in [7, 11) is 0. The van der Waals surface area contributed by atoms with E-state index in [9.17, 15) is 0 Å². The Kier molecular flexibility index (Phi) is 5.41. The summed E-state index contributed by atoms with van der Waals surface area (Å²) in [6.07, 6.45) is 0. The van der Waals surface area contributed by atoms with Gasteiger partial charge in [-0.3, -0.25) is 5.10 Å². The molecule has 0 unspecified atom stereocenters. The number of hydrogen-bond donors (Lipinski definition) is 2. The Morgan fingerprint density at radius 3 is 1.77 bits per heavy atom. The van der Waals surface area contributed by atoms with Gasteiger partial charge in [0.2, 0.25) is 0 Å². The molecule has 0 aliphatic heterocycles. The number of nitrogens with one attached hydrogen (secondary N) is 2. The molecule has 2 heterocycles. The van der Waals surface area contributed by atoms with E-state index < -0.39 is 0 Å². The molecule has 6 aromatic rings. The molecular weight excluding hydrogens is 430 g/mol. The summed E-state index contributed by atoms with van der Waals surface area (Å²) in [5.74, 6) is 0.704. The fourth-order valence-electron chi connectivity index (χ4n) is 4.21. The zero-order valence-electron chi connectivity index (χ0n) is 19.0. The number of H-pyrrole nitrogens is 1. The Labute approximate surface area is 203 Å². The van der Waals surface area contributed by atoms with Crippen LogP contribution in [0, 0.1) is 0 Å². The molecule has 168 valence electrons. The van der Waals surface area contributed by atoms with Crippen LogP contribution in [-0.2, 0) is 0 Å². The Hall–Kier alpha value is -4.90. The normalized spacial score (nSPS) is 10.9. The maximum atomic E-state index is 5.10. The zero-order chi connectivity index (χ0) is 23.5. The van der Waals surface area contributed by atoms with Crippen LogP contribution >= 0.6 is 0 Å². The molecule has 6 rings (SSSR count). The summed E-state index contributed by atoms with van der Waals surface area (Å²) in [6.45, 7) is 0. The van der Waals surface area contributed by atoms with Crippen LogP contribution in [0.15, 0.2) is 127 Å². The molecule has 5 nitrogen and oxygen atoms in total.